The maximum atomic E-state index is 12.1. The zero-order valence-corrected chi connectivity index (χ0v) is 13.2. The molecule has 0 amide bonds. The molecule has 0 aliphatic heterocycles. The van der Waals surface area contributed by atoms with Gasteiger partial charge in [-0.1, -0.05) is 12.1 Å². The highest BCUT2D eigenvalue weighted by atomic mass is 32.2. The number of hydrogen-bond donors (Lipinski definition) is 1. The molecule has 0 fully saturated rings. The molecular formula is C14H20N4O2S. The Kier molecular flexibility index (Phi) is 4.64. The van der Waals surface area contributed by atoms with Gasteiger partial charge in [-0.15, -0.1) is 0 Å². The summed E-state index contributed by atoms with van der Waals surface area (Å²) in [5.41, 5.74) is 1.60. The number of aromatic nitrogens is 2. The maximum absolute atomic E-state index is 12.1. The number of anilines is 1. The Morgan fingerprint density at radius 2 is 1.95 bits per heavy atom. The van der Waals surface area contributed by atoms with Crippen LogP contribution in [0.25, 0.3) is 0 Å². The highest BCUT2D eigenvalue weighted by Crippen LogP contribution is 2.14. The van der Waals surface area contributed by atoms with Gasteiger partial charge in [0.05, 0.1) is 6.54 Å². The molecule has 1 heterocycles. The van der Waals surface area contributed by atoms with E-state index in [0.29, 0.717) is 12.2 Å². The van der Waals surface area contributed by atoms with Crippen LogP contribution >= 0.6 is 0 Å². The Bertz CT molecular complexity index is 664. The molecule has 21 heavy (non-hydrogen) atoms. The molecule has 0 aliphatic rings. The van der Waals surface area contributed by atoms with Crippen molar-refractivity contribution in [1.29, 1.82) is 0 Å². The summed E-state index contributed by atoms with van der Waals surface area (Å²) in [6, 6.07) is 9.05. The van der Waals surface area contributed by atoms with E-state index in [9.17, 15) is 8.42 Å². The van der Waals surface area contributed by atoms with E-state index in [2.05, 4.69) is 9.82 Å². The minimum absolute atomic E-state index is 0.0958. The van der Waals surface area contributed by atoms with Crippen molar-refractivity contribution >= 4 is 15.9 Å². The van der Waals surface area contributed by atoms with Crippen LogP contribution in [0.3, 0.4) is 0 Å². The smallest absolute Gasteiger partial charge is 0.271 e. The highest BCUT2D eigenvalue weighted by molar-refractivity contribution is 7.90. The lowest BCUT2D eigenvalue weighted by molar-refractivity contribution is 0.414. The van der Waals surface area contributed by atoms with Crippen LogP contribution in [-0.4, -0.2) is 35.6 Å². The van der Waals surface area contributed by atoms with Gasteiger partial charge in [0.2, 0.25) is 0 Å². The van der Waals surface area contributed by atoms with E-state index < -0.39 is 10.2 Å². The van der Waals surface area contributed by atoms with Crippen LogP contribution in [0.15, 0.2) is 42.7 Å². The molecule has 7 heteroatoms. The first kappa shape index (κ1) is 15.5. The van der Waals surface area contributed by atoms with E-state index in [1.165, 1.54) is 4.31 Å². The molecule has 114 valence electrons. The first-order valence-corrected chi connectivity index (χ1v) is 8.14. The van der Waals surface area contributed by atoms with Gasteiger partial charge in [-0.25, -0.2) is 0 Å². The number of nitrogens with one attached hydrogen (secondary N) is 1. The summed E-state index contributed by atoms with van der Waals surface area (Å²) in [5.74, 6) is 0. The van der Waals surface area contributed by atoms with Crippen molar-refractivity contribution in [3.63, 3.8) is 0 Å². The van der Waals surface area contributed by atoms with Gasteiger partial charge in [0.15, 0.2) is 0 Å². The molecular weight excluding hydrogens is 288 g/mol. The topological polar surface area (TPSA) is 67.2 Å². The molecule has 0 atom stereocenters. The maximum Gasteiger partial charge on any atom is 0.301 e. The van der Waals surface area contributed by atoms with Crippen LogP contribution < -0.4 is 4.72 Å². The molecule has 6 nitrogen and oxygen atoms in total. The van der Waals surface area contributed by atoms with Gasteiger partial charge in [-0.2, -0.15) is 17.8 Å². The third-order valence-electron chi connectivity index (χ3n) is 3.21. The van der Waals surface area contributed by atoms with Crippen LogP contribution in [-0.2, 0) is 16.8 Å². The molecule has 1 aromatic heterocycles. The highest BCUT2D eigenvalue weighted by Gasteiger charge is 2.19. The number of nitrogens with zero attached hydrogens (tertiary/aromatic N) is 3. The monoisotopic (exact) mass is 308 g/mol. The first-order valence-electron chi connectivity index (χ1n) is 6.70. The SMILES string of the molecule is CC(C)N(C)S(=O)(=O)Nc1ccc(Cn2cccn2)cc1. The summed E-state index contributed by atoms with van der Waals surface area (Å²) >= 11 is 0. The Labute approximate surface area is 125 Å². The van der Waals surface area contributed by atoms with Crippen molar-refractivity contribution in [2.75, 3.05) is 11.8 Å². The van der Waals surface area contributed by atoms with Gasteiger partial charge in [-0.3, -0.25) is 9.40 Å². The minimum atomic E-state index is -3.51. The Morgan fingerprint density at radius 3 is 2.48 bits per heavy atom. The van der Waals surface area contributed by atoms with Crippen LogP contribution in [0.1, 0.15) is 19.4 Å². The first-order chi connectivity index (χ1) is 9.88. The number of rotatable bonds is 6. The molecule has 0 unspecified atom stereocenters. The molecule has 0 saturated carbocycles. The third-order valence-corrected chi connectivity index (χ3v) is 4.88. The molecule has 2 aromatic rings. The zero-order valence-electron chi connectivity index (χ0n) is 12.4. The van der Waals surface area contributed by atoms with Crippen molar-refractivity contribution in [3.8, 4) is 0 Å². The Morgan fingerprint density at radius 1 is 1.29 bits per heavy atom. The molecule has 1 aromatic carbocycles. The second-order valence-corrected chi connectivity index (χ2v) is 6.85. The predicted octanol–water partition coefficient (Wildman–Crippen LogP) is 1.93. The summed E-state index contributed by atoms with van der Waals surface area (Å²) in [7, 11) is -1.95. The van der Waals surface area contributed by atoms with Crippen LogP contribution in [0.4, 0.5) is 5.69 Å². The number of benzene rings is 1. The van der Waals surface area contributed by atoms with Gasteiger partial charge >= 0.3 is 10.2 Å². The van der Waals surface area contributed by atoms with Crippen molar-refractivity contribution in [2.45, 2.75) is 26.4 Å². The van der Waals surface area contributed by atoms with E-state index in [0.717, 1.165) is 5.56 Å². The second kappa shape index (κ2) is 6.28. The van der Waals surface area contributed by atoms with Crippen molar-refractivity contribution in [2.24, 2.45) is 0 Å². The number of hydrogen-bond acceptors (Lipinski definition) is 3. The third kappa shape index (κ3) is 4.05. The van der Waals surface area contributed by atoms with Gasteiger partial charge in [0.25, 0.3) is 0 Å². The minimum Gasteiger partial charge on any atom is -0.271 e. The second-order valence-electron chi connectivity index (χ2n) is 5.12. The van der Waals surface area contributed by atoms with Gasteiger partial charge in [0, 0.05) is 31.2 Å². The van der Waals surface area contributed by atoms with Crippen molar-refractivity contribution < 1.29 is 8.42 Å². The molecule has 0 saturated heterocycles. The zero-order chi connectivity index (χ0) is 15.5. The summed E-state index contributed by atoms with van der Waals surface area (Å²) in [6.45, 7) is 4.31. The fourth-order valence-corrected chi connectivity index (χ4v) is 2.89. The normalized spacial score (nSPS) is 12.0. The summed E-state index contributed by atoms with van der Waals surface area (Å²) < 4.78 is 29.8. The van der Waals surface area contributed by atoms with E-state index in [1.54, 1.807) is 25.4 Å². The Hall–Kier alpha value is -1.86. The van der Waals surface area contributed by atoms with Gasteiger partial charge in [-0.05, 0) is 37.6 Å². The lowest BCUT2D eigenvalue weighted by atomic mass is 10.2. The largest absolute Gasteiger partial charge is 0.301 e. The molecule has 0 bridgehead atoms. The standard InChI is InChI=1S/C14H20N4O2S/c1-12(2)17(3)21(19,20)16-14-7-5-13(6-8-14)11-18-10-4-9-15-18/h4-10,12,16H,11H2,1-3H3. The van der Waals surface area contributed by atoms with E-state index in [1.807, 2.05) is 42.9 Å². The van der Waals surface area contributed by atoms with Crippen LogP contribution in [0.2, 0.25) is 0 Å². The van der Waals surface area contributed by atoms with Crippen molar-refractivity contribution in [3.05, 3.63) is 48.3 Å². The van der Waals surface area contributed by atoms with E-state index >= 15 is 0 Å². The quantitative estimate of drug-likeness (QED) is 0.886. The van der Waals surface area contributed by atoms with Crippen LogP contribution in [0, 0.1) is 0 Å². The molecule has 0 aliphatic carbocycles. The molecule has 0 spiro atoms. The summed E-state index contributed by atoms with van der Waals surface area (Å²) in [5, 5.41) is 4.13. The average Bonchev–Trinajstić information content (AvgIpc) is 2.92. The fourth-order valence-electron chi connectivity index (χ4n) is 1.76. The average molecular weight is 308 g/mol. The van der Waals surface area contributed by atoms with E-state index in [4.69, 9.17) is 0 Å². The molecule has 2 rings (SSSR count). The summed E-state index contributed by atoms with van der Waals surface area (Å²) in [6.07, 6.45) is 3.61. The fraction of sp³-hybridized carbons (Fsp3) is 0.357. The molecule has 0 radical (unpaired) electrons. The van der Waals surface area contributed by atoms with Gasteiger partial charge in [0.1, 0.15) is 0 Å². The lowest BCUT2D eigenvalue weighted by Crippen LogP contribution is -2.37. The molecule has 1 N–H and O–H groups in total. The Balaban J connectivity index is 2.06. The van der Waals surface area contributed by atoms with Gasteiger partial charge < -0.3 is 0 Å². The van der Waals surface area contributed by atoms with E-state index in [-0.39, 0.29) is 6.04 Å². The van der Waals surface area contributed by atoms with Crippen LogP contribution in [0.5, 0.6) is 0 Å². The summed E-state index contributed by atoms with van der Waals surface area (Å²) in [4.78, 5) is 0. The lowest BCUT2D eigenvalue weighted by Gasteiger charge is -2.21. The van der Waals surface area contributed by atoms with Crippen molar-refractivity contribution in [1.82, 2.24) is 14.1 Å². The predicted molar refractivity (Wildman–Crippen MR) is 83.2 cm³/mol.